The summed E-state index contributed by atoms with van der Waals surface area (Å²) in [7, 11) is 2.21. The first-order valence-corrected chi connectivity index (χ1v) is 8.39. The Bertz CT molecular complexity index is 873. The number of likely N-dealkylation sites (N-methyl/N-ethyl adjacent to an activating group) is 1. The molecule has 0 aliphatic carbocycles. The number of aliphatic imine (C=N–C) groups is 1. The number of amidine groups is 1. The second-order valence-electron chi connectivity index (χ2n) is 6.50. The number of H-pyrrole nitrogens is 1. The molecule has 1 aliphatic heterocycles. The third-order valence-corrected chi connectivity index (χ3v) is 4.90. The van der Waals surface area contributed by atoms with Crippen molar-refractivity contribution in [2.75, 3.05) is 13.6 Å². The van der Waals surface area contributed by atoms with Crippen LogP contribution in [0.5, 0.6) is 0 Å². The van der Waals surface area contributed by atoms with Crippen LogP contribution in [0.4, 0.5) is 5.69 Å². The van der Waals surface area contributed by atoms with Crippen molar-refractivity contribution >= 4 is 47.2 Å². The molecule has 3 N–H and O–H groups in total. The van der Waals surface area contributed by atoms with E-state index in [0.29, 0.717) is 17.6 Å². The zero-order chi connectivity index (χ0) is 16.5. The van der Waals surface area contributed by atoms with Crippen LogP contribution in [-0.4, -0.2) is 35.4 Å². The molecule has 3 aromatic rings. The summed E-state index contributed by atoms with van der Waals surface area (Å²) in [4.78, 5) is 10.3. The number of furan rings is 1. The Kier molecular flexibility index (Phi) is 6.75. The first-order chi connectivity index (χ1) is 11.7. The van der Waals surface area contributed by atoms with Crippen molar-refractivity contribution in [3.05, 3.63) is 54.1 Å². The molecule has 2 aromatic heterocycles. The SMILES string of the molecule is CN1CCCC1Cc1c[nH]c2ccc(N=C(N)c3ccco3)cc12.Cl.Cl. The van der Waals surface area contributed by atoms with E-state index in [1.807, 2.05) is 18.2 Å². The number of nitrogens with two attached hydrogens (primary N) is 1. The average Bonchev–Trinajstić information content (AvgIpc) is 3.31. The number of aromatic nitrogens is 1. The van der Waals surface area contributed by atoms with Crippen LogP contribution in [0.2, 0.25) is 0 Å². The van der Waals surface area contributed by atoms with E-state index in [1.165, 1.54) is 30.3 Å². The van der Waals surface area contributed by atoms with Gasteiger partial charge in [0.05, 0.1) is 12.0 Å². The average molecular weight is 395 g/mol. The van der Waals surface area contributed by atoms with Crippen LogP contribution in [0.1, 0.15) is 24.2 Å². The van der Waals surface area contributed by atoms with Gasteiger partial charge in [0.25, 0.3) is 0 Å². The third-order valence-electron chi connectivity index (χ3n) is 4.90. The van der Waals surface area contributed by atoms with Gasteiger partial charge in [0.2, 0.25) is 0 Å². The van der Waals surface area contributed by atoms with Gasteiger partial charge in [-0.1, -0.05) is 0 Å². The van der Waals surface area contributed by atoms with E-state index >= 15 is 0 Å². The molecule has 1 saturated heterocycles. The molecule has 0 radical (unpaired) electrons. The van der Waals surface area contributed by atoms with E-state index in [4.69, 9.17) is 10.2 Å². The van der Waals surface area contributed by atoms with E-state index < -0.39 is 0 Å². The zero-order valence-corrected chi connectivity index (χ0v) is 16.3. The summed E-state index contributed by atoms with van der Waals surface area (Å²) < 4.78 is 5.30. The maximum absolute atomic E-state index is 6.02. The van der Waals surface area contributed by atoms with Crippen LogP contribution >= 0.6 is 24.8 Å². The van der Waals surface area contributed by atoms with Crippen molar-refractivity contribution < 1.29 is 4.42 Å². The summed E-state index contributed by atoms with van der Waals surface area (Å²) >= 11 is 0. The number of nitrogens with zero attached hydrogens (tertiary/aromatic N) is 2. The summed E-state index contributed by atoms with van der Waals surface area (Å²) in [5.74, 6) is 0.990. The molecule has 0 amide bonds. The summed E-state index contributed by atoms with van der Waals surface area (Å²) in [5.41, 5.74) is 9.35. The van der Waals surface area contributed by atoms with E-state index in [0.717, 1.165) is 17.6 Å². The molecule has 1 aromatic carbocycles. The predicted octanol–water partition coefficient (Wildman–Crippen LogP) is 4.28. The Labute approximate surface area is 165 Å². The second-order valence-corrected chi connectivity index (χ2v) is 6.50. The Balaban J connectivity index is 0.00000121. The monoisotopic (exact) mass is 394 g/mol. The lowest BCUT2D eigenvalue weighted by Crippen LogP contribution is -2.26. The van der Waals surface area contributed by atoms with Gasteiger partial charge >= 0.3 is 0 Å². The number of aromatic amines is 1. The van der Waals surface area contributed by atoms with Gasteiger partial charge in [-0.3, -0.25) is 0 Å². The summed E-state index contributed by atoms with van der Waals surface area (Å²) in [6.45, 7) is 1.20. The molecule has 1 atom stereocenters. The number of hydrogen-bond acceptors (Lipinski definition) is 3. The van der Waals surface area contributed by atoms with Gasteiger partial charge < -0.3 is 20.0 Å². The Hall–Kier alpha value is -1.95. The lowest BCUT2D eigenvalue weighted by atomic mass is 10.0. The number of nitrogens with one attached hydrogen (secondary N) is 1. The lowest BCUT2D eigenvalue weighted by molar-refractivity contribution is 0.310. The topological polar surface area (TPSA) is 70.5 Å². The molecule has 1 aliphatic rings. The van der Waals surface area contributed by atoms with Crippen molar-refractivity contribution in [2.45, 2.75) is 25.3 Å². The Morgan fingerprint density at radius 2 is 2.19 bits per heavy atom. The van der Waals surface area contributed by atoms with Gasteiger partial charge in [0.1, 0.15) is 0 Å². The standard InChI is InChI=1S/C19H22N4O.2ClH/c1-23-8-2-4-15(23)10-13-12-21-17-7-6-14(11-16(13)17)22-19(20)18-5-3-9-24-18;;/h3,5-7,9,11-12,15,21H,2,4,8,10H2,1H3,(H2,20,22);2*1H. The summed E-state index contributed by atoms with van der Waals surface area (Å²) in [5, 5.41) is 1.23. The number of hydrogen-bond donors (Lipinski definition) is 2. The maximum atomic E-state index is 6.02. The smallest absolute Gasteiger partial charge is 0.168 e. The Morgan fingerprint density at radius 3 is 2.88 bits per heavy atom. The van der Waals surface area contributed by atoms with Crippen LogP contribution in [-0.2, 0) is 6.42 Å². The fourth-order valence-corrected chi connectivity index (χ4v) is 3.51. The highest BCUT2D eigenvalue weighted by Gasteiger charge is 2.22. The molecule has 26 heavy (non-hydrogen) atoms. The maximum Gasteiger partial charge on any atom is 0.168 e. The predicted molar refractivity (Wildman–Crippen MR) is 111 cm³/mol. The number of fused-ring (bicyclic) bond motifs is 1. The molecule has 140 valence electrons. The first kappa shape index (κ1) is 20.4. The molecule has 1 fully saturated rings. The van der Waals surface area contributed by atoms with Gasteiger partial charge in [-0.25, -0.2) is 4.99 Å². The van der Waals surface area contributed by atoms with Crippen molar-refractivity contribution in [3.8, 4) is 0 Å². The quantitative estimate of drug-likeness (QED) is 0.512. The van der Waals surface area contributed by atoms with Gasteiger partial charge in [0.15, 0.2) is 11.6 Å². The van der Waals surface area contributed by atoms with Crippen LogP contribution in [0.25, 0.3) is 10.9 Å². The van der Waals surface area contributed by atoms with Crippen molar-refractivity contribution in [3.63, 3.8) is 0 Å². The van der Waals surface area contributed by atoms with Crippen LogP contribution < -0.4 is 5.73 Å². The minimum Gasteiger partial charge on any atom is -0.461 e. The van der Waals surface area contributed by atoms with Gasteiger partial charge in [-0.2, -0.15) is 0 Å². The molecule has 1 unspecified atom stereocenters. The zero-order valence-electron chi connectivity index (χ0n) is 14.6. The van der Waals surface area contributed by atoms with E-state index in [9.17, 15) is 0 Å². The largest absolute Gasteiger partial charge is 0.461 e. The number of halogens is 2. The number of benzene rings is 1. The number of likely N-dealkylation sites (tertiary alicyclic amines) is 1. The number of rotatable bonds is 4. The summed E-state index contributed by atoms with van der Waals surface area (Å²) in [6.07, 6.45) is 7.35. The third kappa shape index (κ3) is 4.06. The summed E-state index contributed by atoms with van der Waals surface area (Å²) in [6, 6.07) is 10.4. The van der Waals surface area contributed by atoms with E-state index in [2.05, 4.69) is 40.3 Å². The van der Waals surface area contributed by atoms with Gasteiger partial charge in [-0.05, 0) is 68.8 Å². The molecule has 0 spiro atoms. The molecule has 0 bridgehead atoms. The van der Waals surface area contributed by atoms with Crippen LogP contribution in [0.15, 0.2) is 52.2 Å². The van der Waals surface area contributed by atoms with Crippen molar-refractivity contribution in [2.24, 2.45) is 10.7 Å². The molecule has 7 heteroatoms. The normalized spacial score (nSPS) is 17.9. The molecular weight excluding hydrogens is 371 g/mol. The minimum atomic E-state index is 0. The highest BCUT2D eigenvalue weighted by molar-refractivity contribution is 5.97. The fraction of sp³-hybridized carbons (Fsp3) is 0.316. The fourth-order valence-electron chi connectivity index (χ4n) is 3.51. The second kappa shape index (κ2) is 8.62. The van der Waals surface area contributed by atoms with Crippen LogP contribution in [0, 0.1) is 0 Å². The molecule has 3 heterocycles. The van der Waals surface area contributed by atoms with Gasteiger partial charge in [0, 0.05) is 23.1 Å². The first-order valence-electron chi connectivity index (χ1n) is 8.39. The van der Waals surface area contributed by atoms with E-state index in [-0.39, 0.29) is 24.8 Å². The Morgan fingerprint density at radius 1 is 1.35 bits per heavy atom. The molecule has 0 saturated carbocycles. The molecular formula is C19H24Cl2N4O. The van der Waals surface area contributed by atoms with E-state index in [1.54, 1.807) is 6.26 Å². The van der Waals surface area contributed by atoms with Crippen molar-refractivity contribution in [1.29, 1.82) is 0 Å². The molecule has 4 rings (SSSR count). The van der Waals surface area contributed by atoms with Gasteiger partial charge in [-0.15, -0.1) is 24.8 Å². The highest BCUT2D eigenvalue weighted by Crippen LogP contribution is 2.28. The minimum absolute atomic E-state index is 0. The van der Waals surface area contributed by atoms with Crippen LogP contribution in [0.3, 0.4) is 0 Å². The molecule has 5 nitrogen and oxygen atoms in total. The highest BCUT2D eigenvalue weighted by atomic mass is 35.5. The lowest BCUT2D eigenvalue weighted by Gasteiger charge is -2.18. The van der Waals surface area contributed by atoms with Crippen molar-refractivity contribution in [1.82, 2.24) is 9.88 Å².